The number of rotatable bonds is 4. The highest BCUT2D eigenvalue weighted by Crippen LogP contribution is 2.40. The van der Waals surface area contributed by atoms with Gasteiger partial charge in [0.2, 0.25) is 0 Å². The number of fused-ring (bicyclic) bond motifs is 3. The topological polar surface area (TPSA) is 98.8 Å². The third kappa shape index (κ3) is 3.70. The first-order chi connectivity index (χ1) is 17.5. The van der Waals surface area contributed by atoms with Crippen LogP contribution in [-0.2, 0) is 19.6 Å². The highest BCUT2D eigenvalue weighted by Gasteiger charge is 2.23. The van der Waals surface area contributed by atoms with Gasteiger partial charge in [-0.05, 0) is 47.4 Å². The molecular weight excluding hydrogens is 478 g/mol. The Hall–Kier alpha value is -4.17. The molecule has 0 radical (unpaired) electrons. The van der Waals surface area contributed by atoms with Gasteiger partial charge < -0.3 is 9.30 Å². The summed E-state index contributed by atoms with van der Waals surface area (Å²) in [4.78, 5) is 23.6. The van der Waals surface area contributed by atoms with Gasteiger partial charge >= 0.3 is 5.76 Å². The van der Waals surface area contributed by atoms with Crippen LogP contribution >= 0.6 is 11.6 Å². The van der Waals surface area contributed by atoms with Gasteiger partial charge in [0.05, 0.1) is 11.6 Å². The molecule has 0 atom stereocenters. The van der Waals surface area contributed by atoms with Crippen LogP contribution in [0.1, 0.15) is 47.8 Å². The fourth-order valence-corrected chi connectivity index (χ4v) is 4.96. The zero-order valence-electron chi connectivity index (χ0n) is 19.7. The van der Waals surface area contributed by atoms with E-state index >= 15 is 0 Å². The van der Waals surface area contributed by atoms with Gasteiger partial charge in [-0.1, -0.05) is 54.0 Å². The number of para-hydroxylation sites is 1. The predicted octanol–water partition coefficient (Wildman–Crippen LogP) is 5.24. The zero-order valence-corrected chi connectivity index (χ0v) is 20.5. The van der Waals surface area contributed by atoms with Crippen LogP contribution < -0.4 is 10.5 Å². The Morgan fingerprint density at radius 2 is 2.03 bits per heavy atom. The lowest BCUT2D eigenvalue weighted by atomic mass is 9.89. The van der Waals surface area contributed by atoms with Crippen LogP contribution in [0.2, 0.25) is 5.02 Å². The molecule has 3 aromatic heterocycles. The molecule has 0 aliphatic carbocycles. The molecule has 0 amide bonds. The van der Waals surface area contributed by atoms with E-state index in [0.29, 0.717) is 29.5 Å². The summed E-state index contributed by atoms with van der Waals surface area (Å²) in [6.07, 6.45) is 2.47. The first-order valence-corrected chi connectivity index (χ1v) is 12.0. The van der Waals surface area contributed by atoms with E-state index in [1.165, 1.54) is 0 Å². The SMILES string of the molecule is CCc1nc2c(Cl)ccnc2n1Cc1ccc2c(c1)COc1ccccc1/C2=C(/C)c1noc(=O)[nH]1. The van der Waals surface area contributed by atoms with Crippen molar-refractivity contribution in [3.8, 4) is 5.75 Å². The van der Waals surface area contributed by atoms with Crippen LogP contribution in [0.3, 0.4) is 0 Å². The van der Waals surface area contributed by atoms with Crippen molar-refractivity contribution in [1.82, 2.24) is 24.7 Å². The van der Waals surface area contributed by atoms with Gasteiger partial charge in [0.25, 0.3) is 0 Å². The summed E-state index contributed by atoms with van der Waals surface area (Å²) < 4.78 is 13.1. The number of hydrogen-bond donors (Lipinski definition) is 1. The number of H-pyrrole nitrogens is 1. The quantitative estimate of drug-likeness (QED) is 0.363. The number of halogens is 1. The molecule has 0 spiro atoms. The molecule has 8 nitrogen and oxygen atoms in total. The minimum Gasteiger partial charge on any atom is -0.488 e. The monoisotopic (exact) mass is 499 g/mol. The fraction of sp³-hybridized carbons (Fsp3) is 0.185. The molecule has 0 fully saturated rings. The Labute approximate surface area is 211 Å². The standard InChI is InChI=1S/C27H22ClN5O3/c1-3-22-30-24-20(28)10-11-29-26(24)33(22)13-16-8-9-18-17(12-16)14-35-21-7-5-4-6-19(21)23(18)15(2)25-31-27(34)36-32-25/h4-12H,3,13-14H2,1-2H3,(H,31,32,34)/b23-15-. The second kappa shape index (κ2) is 8.80. The molecule has 0 bridgehead atoms. The maximum Gasteiger partial charge on any atom is 0.439 e. The highest BCUT2D eigenvalue weighted by atomic mass is 35.5. The number of ether oxygens (including phenoxy) is 1. The minimum absolute atomic E-state index is 0.391. The molecule has 0 saturated heterocycles. The van der Waals surface area contributed by atoms with E-state index in [2.05, 4.69) is 44.8 Å². The predicted molar refractivity (Wildman–Crippen MR) is 137 cm³/mol. The van der Waals surface area contributed by atoms with Gasteiger partial charge in [-0.3, -0.25) is 9.51 Å². The Kier molecular flexibility index (Phi) is 5.45. The lowest BCUT2D eigenvalue weighted by Crippen LogP contribution is -2.07. The summed E-state index contributed by atoms with van der Waals surface area (Å²) in [7, 11) is 0. The lowest BCUT2D eigenvalue weighted by Gasteiger charge is -2.15. The molecule has 36 heavy (non-hydrogen) atoms. The molecule has 6 rings (SSSR count). The van der Waals surface area contributed by atoms with E-state index in [1.54, 1.807) is 12.3 Å². The number of benzene rings is 2. The molecule has 0 saturated carbocycles. The van der Waals surface area contributed by atoms with Gasteiger partial charge in [-0.2, -0.15) is 0 Å². The second-order valence-electron chi connectivity index (χ2n) is 8.65. The first kappa shape index (κ1) is 22.3. The molecular formula is C27H22ClN5O3. The van der Waals surface area contributed by atoms with Crippen molar-refractivity contribution in [2.45, 2.75) is 33.4 Å². The van der Waals surface area contributed by atoms with E-state index in [0.717, 1.165) is 57.0 Å². The highest BCUT2D eigenvalue weighted by molar-refractivity contribution is 6.34. The van der Waals surface area contributed by atoms with Crippen LogP contribution in [0.4, 0.5) is 0 Å². The van der Waals surface area contributed by atoms with E-state index in [1.807, 2.05) is 31.2 Å². The number of aromatic amines is 1. The van der Waals surface area contributed by atoms with Crippen molar-refractivity contribution < 1.29 is 9.26 Å². The maximum absolute atomic E-state index is 11.6. The summed E-state index contributed by atoms with van der Waals surface area (Å²) in [6, 6.07) is 16.0. The largest absolute Gasteiger partial charge is 0.488 e. The molecule has 9 heteroatoms. The van der Waals surface area contributed by atoms with Gasteiger partial charge in [0, 0.05) is 23.8 Å². The number of aryl methyl sites for hydroxylation is 1. The number of hydrogen-bond acceptors (Lipinski definition) is 6. The van der Waals surface area contributed by atoms with Crippen LogP contribution in [-0.4, -0.2) is 24.7 Å². The van der Waals surface area contributed by atoms with Crippen molar-refractivity contribution in [2.24, 2.45) is 0 Å². The van der Waals surface area contributed by atoms with Gasteiger partial charge in [0.1, 0.15) is 23.7 Å². The number of imidazole rings is 1. The van der Waals surface area contributed by atoms with Crippen LogP contribution in [0.25, 0.3) is 22.3 Å². The summed E-state index contributed by atoms with van der Waals surface area (Å²) in [6.45, 7) is 4.99. The number of nitrogens with one attached hydrogen (secondary N) is 1. The third-order valence-corrected chi connectivity index (χ3v) is 6.77. The Morgan fingerprint density at radius 1 is 1.17 bits per heavy atom. The summed E-state index contributed by atoms with van der Waals surface area (Å²) in [5.74, 6) is 1.49. The molecule has 1 aliphatic heterocycles. The summed E-state index contributed by atoms with van der Waals surface area (Å²) in [5, 5.41) is 4.52. The van der Waals surface area contributed by atoms with E-state index in [9.17, 15) is 4.79 Å². The minimum atomic E-state index is -0.591. The van der Waals surface area contributed by atoms with Crippen molar-refractivity contribution in [3.63, 3.8) is 0 Å². The van der Waals surface area contributed by atoms with Crippen molar-refractivity contribution >= 4 is 33.9 Å². The van der Waals surface area contributed by atoms with Crippen LogP contribution in [0.15, 0.2) is 64.0 Å². The van der Waals surface area contributed by atoms with Crippen LogP contribution in [0.5, 0.6) is 5.75 Å². The molecule has 0 unspecified atom stereocenters. The van der Waals surface area contributed by atoms with E-state index in [4.69, 9.17) is 25.8 Å². The lowest BCUT2D eigenvalue weighted by molar-refractivity contribution is 0.307. The number of pyridine rings is 1. The Bertz CT molecular complexity index is 1710. The zero-order chi connectivity index (χ0) is 24.8. The normalized spacial score (nSPS) is 14.2. The molecule has 1 N–H and O–H groups in total. The van der Waals surface area contributed by atoms with Crippen LogP contribution in [0, 0.1) is 0 Å². The number of allylic oxidation sites excluding steroid dienone is 1. The average molecular weight is 500 g/mol. The van der Waals surface area contributed by atoms with Gasteiger partial charge in [-0.15, -0.1) is 0 Å². The summed E-state index contributed by atoms with van der Waals surface area (Å²) >= 11 is 6.39. The fourth-order valence-electron chi connectivity index (χ4n) is 4.77. The molecule has 180 valence electrons. The second-order valence-corrected chi connectivity index (χ2v) is 9.06. The summed E-state index contributed by atoms with van der Waals surface area (Å²) in [5.41, 5.74) is 7.26. The Morgan fingerprint density at radius 3 is 2.83 bits per heavy atom. The van der Waals surface area contributed by atoms with Crippen molar-refractivity contribution in [2.75, 3.05) is 0 Å². The molecule has 4 heterocycles. The van der Waals surface area contributed by atoms with Gasteiger partial charge in [-0.25, -0.2) is 14.8 Å². The smallest absolute Gasteiger partial charge is 0.439 e. The molecule has 1 aliphatic rings. The van der Waals surface area contributed by atoms with Crippen molar-refractivity contribution in [3.05, 3.63) is 104 Å². The Balaban J connectivity index is 1.49. The van der Waals surface area contributed by atoms with Gasteiger partial charge in [0.15, 0.2) is 11.5 Å². The van der Waals surface area contributed by atoms with E-state index < -0.39 is 5.76 Å². The third-order valence-electron chi connectivity index (χ3n) is 6.47. The number of nitrogens with zero attached hydrogens (tertiary/aromatic N) is 4. The molecule has 2 aromatic carbocycles. The van der Waals surface area contributed by atoms with E-state index in [-0.39, 0.29) is 0 Å². The first-order valence-electron chi connectivity index (χ1n) is 11.6. The maximum atomic E-state index is 11.6. The number of aromatic nitrogens is 5. The molecule has 5 aromatic rings. The average Bonchev–Trinajstić information content (AvgIpc) is 3.44. The van der Waals surface area contributed by atoms with Crippen molar-refractivity contribution in [1.29, 1.82) is 0 Å².